The predicted molar refractivity (Wildman–Crippen MR) is 100 cm³/mol. The Labute approximate surface area is 159 Å². The zero-order valence-electron chi connectivity index (χ0n) is 15.7. The highest BCUT2D eigenvalue weighted by Gasteiger charge is 2.36. The molecule has 0 aromatic heterocycles. The van der Waals surface area contributed by atoms with Crippen molar-refractivity contribution in [1.82, 2.24) is 20.0 Å². The first-order valence-electron chi connectivity index (χ1n) is 9.70. The first kappa shape index (κ1) is 18.0. The quantitative estimate of drug-likeness (QED) is 0.837. The second-order valence-corrected chi connectivity index (χ2v) is 7.63. The summed E-state index contributed by atoms with van der Waals surface area (Å²) in [4.78, 5) is 43.4. The van der Waals surface area contributed by atoms with Crippen LogP contribution in [0.15, 0.2) is 18.2 Å². The summed E-state index contributed by atoms with van der Waals surface area (Å²) in [6.45, 7) is 4.32. The number of piperazine rings is 1. The zero-order chi connectivity index (χ0) is 19.0. The van der Waals surface area contributed by atoms with Crippen molar-refractivity contribution < 1.29 is 14.4 Å². The van der Waals surface area contributed by atoms with Crippen LogP contribution in [0.2, 0.25) is 0 Å². The Morgan fingerprint density at radius 1 is 1.07 bits per heavy atom. The molecule has 0 radical (unpaired) electrons. The highest BCUT2D eigenvalue weighted by atomic mass is 16.2. The van der Waals surface area contributed by atoms with Gasteiger partial charge in [-0.2, -0.15) is 0 Å². The number of nitrogens with zero attached hydrogens (tertiary/aromatic N) is 3. The summed E-state index contributed by atoms with van der Waals surface area (Å²) in [5, 5.41) is 2.89. The van der Waals surface area contributed by atoms with Crippen molar-refractivity contribution in [1.29, 1.82) is 0 Å². The number of benzene rings is 1. The lowest BCUT2D eigenvalue weighted by Gasteiger charge is -2.41. The van der Waals surface area contributed by atoms with Gasteiger partial charge in [-0.05, 0) is 30.7 Å². The van der Waals surface area contributed by atoms with Crippen molar-refractivity contribution in [2.24, 2.45) is 0 Å². The molecule has 0 aliphatic carbocycles. The van der Waals surface area contributed by atoms with Crippen molar-refractivity contribution in [2.45, 2.75) is 25.3 Å². The number of carbonyl (C=O) groups is 3. The molecule has 4 rings (SSSR count). The van der Waals surface area contributed by atoms with E-state index in [4.69, 9.17) is 0 Å². The number of nitrogens with one attached hydrogen (secondary N) is 1. The fourth-order valence-corrected chi connectivity index (χ4v) is 4.34. The Morgan fingerprint density at radius 3 is 2.59 bits per heavy atom. The molecule has 0 saturated carbocycles. The number of hydrogen-bond acceptors (Lipinski definition) is 4. The first-order valence-corrected chi connectivity index (χ1v) is 9.70. The Balaban J connectivity index is 1.41. The second kappa shape index (κ2) is 7.31. The predicted octanol–water partition coefficient (Wildman–Crippen LogP) is 0.410. The van der Waals surface area contributed by atoms with Gasteiger partial charge in [0, 0.05) is 57.7 Å². The summed E-state index contributed by atoms with van der Waals surface area (Å²) in [6.07, 6.45) is 1.24. The molecule has 27 heavy (non-hydrogen) atoms. The molecule has 1 aromatic carbocycles. The Kier molecular flexibility index (Phi) is 4.86. The summed E-state index contributed by atoms with van der Waals surface area (Å²) in [5.41, 5.74) is 2.82. The molecule has 3 aliphatic heterocycles. The normalized spacial score (nSPS) is 22.3. The Hall–Kier alpha value is -2.41. The average Bonchev–Trinajstić information content (AvgIpc) is 2.69. The van der Waals surface area contributed by atoms with E-state index in [1.54, 1.807) is 0 Å². The molecular weight excluding hydrogens is 344 g/mol. The van der Waals surface area contributed by atoms with Crippen LogP contribution < -0.4 is 5.32 Å². The maximum absolute atomic E-state index is 12.9. The smallest absolute Gasteiger partial charge is 0.251 e. The van der Waals surface area contributed by atoms with Crippen LogP contribution in [0, 0.1) is 0 Å². The fourth-order valence-electron chi connectivity index (χ4n) is 4.34. The molecule has 1 saturated heterocycles. The molecule has 3 amide bonds. The largest absolute Gasteiger partial charge is 0.350 e. The number of carbonyl (C=O) groups excluding carboxylic acids is 3. The minimum absolute atomic E-state index is 0.000852. The Morgan fingerprint density at radius 2 is 1.81 bits per heavy atom. The Bertz CT molecular complexity index is 770. The maximum Gasteiger partial charge on any atom is 0.251 e. The molecular formula is C20H26N4O3. The highest BCUT2D eigenvalue weighted by Crippen LogP contribution is 2.35. The first-order chi connectivity index (χ1) is 13.0. The molecule has 1 unspecified atom stereocenters. The zero-order valence-corrected chi connectivity index (χ0v) is 15.7. The maximum atomic E-state index is 12.9. The van der Waals surface area contributed by atoms with Crippen molar-refractivity contribution in [3.05, 3.63) is 34.9 Å². The van der Waals surface area contributed by atoms with E-state index in [1.165, 1.54) is 0 Å². The number of rotatable bonds is 3. The third kappa shape index (κ3) is 3.43. The van der Waals surface area contributed by atoms with Gasteiger partial charge in [-0.15, -0.1) is 0 Å². The summed E-state index contributed by atoms with van der Waals surface area (Å²) in [7, 11) is 2.05. The standard InChI is InChI=1S/C20H26N4O3/c1-22-9-11-23(12-10-22)17(25)5-6-18(26)24-8-7-14-3-2-4-15-19(14)16(24)13-21-20(15)27/h2-4,16H,5-13H2,1H3,(H,21,27). The monoisotopic (exact) mass is 370 g/mol. The minimum Gasteiger partial charge on any atom is -0.350 e. The lowest BCUT2D eigenvalue weighted by Crippen LogP contribution is -2.49. The SMILES string of the molecule is CN1CCN(C(=O)CCC(=O)N2CCc3cccc4c3C2CNC4=O)CC1. The van der Waals surface area contributed by atoms with E-state index in [-0.39, 0.29) is 36.6 Å². The average molecular weight is 370 g/mol. The molecule has 1 fully saturated rings. The topological polar surface area (TPSA) is 73.0 Å². The molecule has 0 spiro atoms. The summed E-state index contributed by atoms with van der Waals surface area (Å²) >= 11 is 0. The van der Waals surface area contributed by atoms with E-state index in [1.807, 2.05) is 28.0 Å². The van der Waals surface area contributed by atoms with E-state index in [0.717, 1.165) is 43.7 Å². The van der Waals surface area contributed by atoms with Crippen LogP contribution >= 0.6 is 0 Å². The summed E-state index contributed by atoms with van der Waals surface area (Å²) in [6, 6.07) is 5.66. The van der Waals surface area contributed by atoms with Crippen molar-refractivity contribution in [3.63, 3.8) is 0 Å². The van der Waals surface area contributed by atoms with Crippen LogP contribution in [0.1, 0.15) is 40.4 Å². The molecule has 3 heterocycles. The molecule has 7 heteroatoms. The van der Waals surface area contributed by atoms with Gasteiger partial charge < -0.3 is 20.0 Å². The van der Waals surface area contributed by atoms with Crippen LogP contribution in [0.25, 0.3) is 0 Å². The van der Waals surface area contributed by atoms with E-state index < -0.39 is 0 Å². The van der Waals surface area contributed by atoms with Crippen LogP contribution in [-0.2, 0) is 16.0 Å². The second-order valence-electron chi connectivity index (χ2n) is 7.63. The molecule has 144 valence electrons. The molecule has 7 nitrogen and oxygen atoms in total. The fraction of sp³-hybridized carbons (Fsp3) is 0.550. The summed E-state index contributed by atoms with van der Waals surface area (Å²) in [5.74, 6) is -0.00628. The molecule has 1 atom stereocenters. The van der Waals surface area contributed by atoms with Gasteiger partial charge in [0.2, 0.25) is 11.8 Å². The van der Waals surface area contributed by atoms with Gasteiger partial charge in [-0.1, -0.05) is 12.1 Å². The van der Waals surface area contributed by atoms with Gasteiger partial charge in [0.15, 0.2) is 0 Å². The van der Waals surface area contributed by atoms with Crippen LogP contribution in [0.5, 0.6) is 0 Å². The third-order valence-corrected chi connectivity index (χ3v) is 5.96. The van der Waals surface area contributed by atoms with Crippen molar-refractivity contribution >= 4 is 17.7 Å². The van der Waals surface area contributed by atoms with E-state index >= 15 is 0 Å². The van der Waals surface area contributed by atoms with Gasteiger partial charge in [0.1, 0.15) is 0 Å². The highest BCUT2D eigenvalue weighted by molar-refractivity contribution is 5.98. The van der Waals surface area contributed by atoms with E-state index in [2.05, 4.69) is 17.3 Å². The molecule has 0 bridgehead atoms. The molecule has 1 N–H and O–H groups in total. The van der Waals surface area contributed by atoms with Crippen LogP contribution in [0.4, 0.5) is 0 Å². The van der Waals surface area contributed by atoms with Gasteiger partial charge in [-0.25, -0.2) is 0 Å². The number of hydrogen-bond donors (Lipinski definition) is 1. The minimum atomic E-state index is -0.117. The van der Waals surface area contributed by atoms with Crippen LogP contribution in [-0.4, -0.2) is 78.7 Å². The lowest BCUT2D eigenvalue weighted by molar-refractivity contribution is -0.139. The van der Waals surface area contributed by atoms with Gasteiger partial charge >= 0.3 is 0 Å². The van der Waals surface area contributed by atoms with Crippen molar-refractivity contribution in [2.75, 3.05) is 46.3 Å². The van der Waals surface area contributed by atoms with Crippen molar-refractivity contribution in [3.8, 4) is 0 Å². The summed E-state index contributed by atoms with van der Waals surface area (Å²) < 4.78 is 0. The van der Waals surface area contributed by atoms with Gasteiger partial charge in [-0.3, -0.25) is 14.4 Å². The number of likely N-dealkylation sites (N-methyl/N-ethyl adjacent to an activating group) is 1. The lowest BCUT2D eigenvalue weighted by atomic mass is 9.85. The van der Waals surface area contributed by atoms with Gasteiger partial charge in [0.25, 0.3) is 5.91 Å². The van der Waals surface area contributed by atoms with E-state index in [0.29, 0.717) is 18.7 Å². The molecule has 3 aliphatic rings. The van der Waals surface area contributed by atoms with Crippen LogP contribution in [0.3, 0.4) is 0 Å². The van der Waals surface area contributed by atoms with Gasteiger partial charge in [0.05, 0.1) is 6.04 Å². The molecule has 1 aromatic rings. The third-order valence-electron chi connectivity index (χ3n) is 5.96. The number of amides is 3. The van der Waals surface area contributed by atoms with E-state index in [9.17, 15) is 14.4 Å².